The molecule has 0 unspecified atom stereocenters. The lowest BCUT2D eigenvalue weighted by Gasteiger charge is -2.09. The fourth-order valence-corrected chi connectivity index (χ4v) is 2.70. The molecule has 0 fully saturated rings. The summed E-state index contributed by atoms with van der Waals surface area (Å²) in [4.78, 5) is 12.7. The summed E-state index contributed by atoms with van der Waals surface area (Å²) < 4.78 is 15.4. The van der Waals surface area contributed by atoms with Gasteiger partial charge in [-0.05, 0) is 43.3 Å². The molecule has 21 heavy (non-hydrogen) atoms. The van der Waals surface area contributed by atoms with Gasteiger partial charge in [-0.15, -0.1) is 0 Å². The highest BCUT2D eigenvalue weighted by Crippen LogP contribution is 2.26. The number of aromatic nitrogens is 1. The van der Waals surface area contributed by atoms with Crippen LogP contribution in [0.25, 0.3) is 10.9 Å². The number of nitrogens with zero attached hydrogens (tertiary/aromatic N) is 1. The zero-order valence-electron chi connectivity index (χ0n) is 11.2. The van der Waals surface area contributed by atoms with E-state index in [4.69, 9.17) is 17.3 Å². The number of rotatable bonds is 1. The third kappa shape index (κ3) is 2.17. The first kappa shape index (κ1) is 13.6. The van der Waals surface area contributed by atoms with Crippen LogP contribution in [0.1, 0.15) is 16.1 Å². The van der Waals surface area contributed by atoms with Crippen molar-refractivity contribution in [3.8, 4) is 0 Å². The van der Waals surface area contributed by atoms with Crippen molar-refractivity contribution < 1.29 is 9.18 Å². The lowest BCUT2D eigenvalue weighted by molar-refractivity contribution is 0.0959. The van der Waals surface area contributed by atoms with Crippen molar-refractivity contribution in [2.75, 3.05) is 5.73 Å². The van der Waals surface area contributed by atoms with Gasteiger partial charge in [0.15, 0.2) is 0 Å². The van der Waals surface area contributed by atoms with Crippen LogP contribution >= 0.6 is 11.6 Å². The predicted octanol–water partition coefficient (Wildman–Crippen LogP) is 4.01. The van der Waals surface area contributed by atoms with Gasteiger partial charge in [0, 0.05) is 16.8 Å². The highest BCUT2D eigenvalue weighted by Gasteiger charge is 2.20. The average Bonchev–Trinajstić information content (AvgIpc) is 2.73. The first-order chi connectivity index (χ1) is 9.99. The number of carbonyl (C=O) groups excluding carboxylic acids is 1. The van der Waals surface area contributed by atoms with Crippen molar-refractivity contribution >= 4 is 34.1 Å². The second-order valence-corrected chi connectivity index (χ2v) is 5.25. The van der Waals surface area contributed by atoms with Gasteiger partial charge in [0.05, 0.1) is 16.1 Å². The van der Waals surface area contributed by atoms with E-state index in [1.165, 1.54) is 22.8 Å². The molecule has 0 aliphatic heterocycles. The minimum absolute atomic E-state index is 0.0942. The molecule has 106 valence electrons. The van der Waals surface area contributed by atoms with Crippen LogP contribution in [0.3, 0.4) is 0 Å². The Balaban J connectivity index is 2.25. The maximum atomic E-state index is 14.0. The van der Waals surface area contributed by atoms with Crippen LogP contribution in [0, 0.1) is 12.7 Å². The van der Waals surface area contributed by atoms with Crippen LogP contribution in [-0.4, -0.2) is 10.5 Å². The second-order valence-electron chi connectivity index (χ2n) is 4.84. The van der Waals surface area contributed by atoms with Crippen LogP contribution in [0.5, 0.6) is 0 Å². The molecule has 5 heteroatoms. The number of hydrogen-bond donors (Lipinski definition) is 1. The van der Waals surface area contributed by atoms with E-state index < -0.39 is 11.7 Å². The lowest BCUT2D eigenvalue weighted by Crippen LogP contribution is -2.15. The number of carbonyl (C=O) groups is 1. The Morgan fingerprint density at radius 1 is 1.24 bits per heavy atom. The Morgan fingerprint density at radius 3 is 2.71 bits per heavy atom. The molecule has 0 aliphatic carbocycles. The molecule has 0 radical (unpaired) electrons. The molecule has 0 bridgehead atoms. The highest BCUT2D eigenvalue weighted by atomic mass is 35.5. The fraction of sp³-hybridized carbons (Fsp3) is 0.0625. The van der Waals surface area contributed by atoms with Gasteiger partial charge in [-0.3, -0.25) is 9.36 Å². The summed E-state index contributed by atoms with van der Waals surface area (Å²) in [7, 11) is 0. The summed E-state index contributed by atoms with van der Waals surface area (Å²) in [6.07, 6.45) is 0. The highest BCUT2D eigenvalue weighted by molar-refractivity contribution is 6.34. The summed E-state index contributed by atoms with van der Waals surface area (Å²) in [6, 6.07) is 11.2. The van der Waals surface area contributed by atoms with Crippen molar-refractivity contribution in [1.82, 2.24) is 4.57 Å². The van der Waals surface area contributed by atoms with E-state index in [1.54, 1.807) is 25.1 Å². The Labute approximate surface area is 125 Å². The molecule has 3 rings (SSSR count). The van der Waals surface area contributed by atoms with Gasteiger partial charge in [0.1, 0.15) is 5.82 Å². The number of halogens is 2. The number of benzene rings is 2. The molecule has 1 aromatic heterocycles. The van der Waals surface area contributed by atoms with Gasteiger partial charge in [-0.25, -0.2) is 4.39 Å². The maximum absolute atomic E-state index is 14.0. The van der Waals surface area contributed by atoms with Crippen molar-refractivity contribution in [2.45, 2.75) is 6.92 Å². The molecule has 0 aliphatic rings. The number of fused-ring (bicyclic) bond motifs is 1. The van der Waals surface area contributed by atoms with Crippen LogP contribution in [-0.2, 0) is 0 Å². The number of hydrogen-bond acceptors (Lipinski definition) is 2. The SMILES string of the molecule is Cc1cc2cc(N)ccc2n1C(=O)c1c(F)cccc1Cl. The van der Waals surface area contributed by atoms with E-state index in [2.05, 4.69) is 0 Å². The normalized spacial score (nSPS) is 11.0. The van der Waals surface area contributed by atoms with Crippen LogP contribution in [0.2, 0.25) is 5.02 Å². The molecule has 0 spiro atoms. The summed E-state index contributed by atoms with van der Waals surface area (Å²) >= 11 is 5.98. The molecule has 1 heterocycles. The van der Waals surface area contributed by atoms with E-state index in [0.717, 1.165) is 5.39 Å². The van der Waals surface area contributed by atoms with Gasteiger partial charge in [0.25, 0.3) is 5.91 Å². The lowest BCUT2D eigenvalue weighted by atomic mass is 10.2. The van der Waals surface area contributed by atoms with Crippen LogP contribution < -0.4 is 5.73 Å². The standard InChI is InChI=1S/C16H12ClFN2O/c1-9-7-10-8-11(19)5-6-14(10)20(9)16(21)15-12(17)3-2-4-13(15)18/h2-8H,19H2,1H3. The number of nitrogen functional groups attached to an aromatic ring is 1. The summed E-state index contributed by atoms with van der Waals surface area (Å²) in [6.45, 7) is 1.78. The molecule has 0 saturated carbocycles. The van der Waals surface area contributed by atoms with Gasteiger partial charge >= 0.3 is 0 Å². The average molecular weight is 303 g/mol. The molecule has 0 amide bonds. The van der Waals surface area contributed by atoms with Crippen molar-refractivity contribution in [2.24, 2.45) is 0 Å². The van der Waals surface area contributed by atoms with E-state index in [9.17, 15) is 9.18 Å². The molecule has 3 aromatic rings. The number of anilines is 1. The molecule has 0 saturated heterocycles. The minimum Gasteiger partial charge on any atom is -0.399 e. The molecule has 2 N–H and O–H groups in total. The van der Waals surface area contributed by atoms with E-state index >= 15 is 0 Å². The Morgan fingerprint density at radius 2 is 2.00 bits per heavy atom. The molecule has 0 atom stereocenters. The zero-order valence-corrected chi connectivity index (χ0v) is 12.0. The van der Waals surface area contributed by atoms with E-state index in [-0.39, 0.29) is 10.6 Å². The summed E-state index contributed by atoms with van der Waals surface area (Å²) in [5, 5.41) is 0.921. The predicted molar refractivity (Wildman–Crippen MR) is 82.2 cm³/mol. The second kappa shape index (κ2) is 4.90. The largest absolute Gasteiger partial charge is 0.399 e. The van der Waals surface area contributed by atoms with Gasteiger partial charge in [-0.2, -0.15) is 0 Å². The third-order valence-corrected chi connectivity index (χ3v) is 3.70. The Bertz CT molecular complexity index is 850. The quantitative estimate of drug-likeness (QED) is 0.690. The van der Waals surface area contributed by atoms with Gasteiger partial charge in [-0.1, -0.05) is 17.7 Å². The Hall–Kier alpha value is -2.33. The summed E-state index contributed by atoms with van der Waals surface area (Å²) in [5.41, 5.74) is 7.59. The van der Waals surface area contributed by atoms with Crippen molar-refractivity contribution in [3.05, 3.63) is 64.6 Å². The zero-order chi connectivity index (χ0) is 15.1. The van der Waals surface area contributed by atoms with Crippen molar-refractivity contribution in [1.29, 1.82) is 0 Å². The number of aryl methyl sites for hydroxylation is 1. The van der Waals surface area contributed by atoms with Crippen LogP contribution in [0.15, 0.2) is 42.5 Å². The molecular formula is C16H12ClFN2O. The molecule has 3 nitrogen and oxygen atoms in total. The minimum atomic E-state index is -0.635. The monoisotopic (exact) mass is 302 g/mol. The van der Waals surface area contributed by atoms with Crippen molar-refractivity contribution in [3.63, 3.8) is 0 Å². The molecular weight excluding hydrogens is 291 g/mol. The first-order valence-electron chi connectivity index (χ1n) is 6.35. The smallest absolute Gasteiger partial charge is 0.267 e. The molecule has 2 aromatic carbocycles. The topological polar surface area (TPSA) is 48.0 Å². The van der Waals surface area contributed by atoms with E-state index in [1.807, 2.05) is 6.07 Å². The van der Waals surface area contributed by atoms with E-state index in [0.29, 0.717) is 16.9 Å². The van der Waals surface area contributed by atoms with Crippen LogP contribution in [0.4, 0.5) is 10.1 Å². The third-order valence-electron chi connectivity index (χ3n) is 3.39. The summed E-state index contributed by atoms with van der Waals surface area (Å²) in [5.74, 6) is -1.13. The Kier molecular flexibility index (Phi) is 3.18. The maximum Gasteiger partial charge on any atom is 0.267 e. The number of nitrogens with two attached hydrogens (primary N) is 1. The fourth-order valence-electron chi connectivity index (χ4n) is 2.46. The van der Waals surface area contributed by atoms with Gasteiger partial charge in [0.2, 0.25) is 0 Å². The van der Waals surface area contributed by atoms with Gasteiger partial charge < -0.3 is 5.73 Å². The first-order valence-corrected chi connectivity index (χ1v) is 6.73.